The first kappa shape index (κ1) is 29.1. The highest BCUT2D eigenvalue weighted by Crippen LogP contribution is 2.38. The van der Waals surface area contributed by atoms with E-state index >= 15 is 0 Å². The summed E-state index contributed by atoms with van der Waals surface area (Å²) in [6.45, 7) is 14.4. The number of rotatable bonds is 12. The van der Waals surface area contributed by atoms with Gasteiger partial charge >= 0.3 is 11.9 Å². The molecular weight excluding hydrogens is 476 g/mol. The summed E-state index contributed by atoms with van der Waals surface area (Å²) < 4.78 is 27.6. The molecule has 0 radical (unpaired) electrons. The maximum Gasteiger partial charge on any atom is 0.334 e. The quantitative estimate of drug-likeness (QED) is 0.200. The van der Waals surface area contributed by atoms with Gasteiger partial charge in [-0.2, -0.15) is 0 Å². The average molecular weight is 515 g/mol. The molecular formula is C28H38O7Si. The third-order valence-electron chi connectivity index (χ3n) is 6.30. The Morgan fingerprint density at radius 1 is 0.833 bits per heavy atom. The number of carbonyl (C=O) groups is 2. The van der Waals surface area contributed by atoms with Crippen LogP contribution in [-0.2, 0) is 36.7 Å². The SMILES string of the molecule is C=C(CC(O[Si](C)(C)C(C)(C)C)C(=O)OCc1ccc(OC)cc1)C(=O)OCc1ccc(OC)cc1. The monoisotopic (exact) mass is 514 g/mol. The molecule has 0 saturated heterocycles. The summed E-state index contributed by atoms with van der Waals surface area (Å²) in [5, 5.41) is -0.141. The maximum atomic E-state index is 13.1. The van der Waals surface area contributed by atoms with Gasteiger partial charge in [0.05, 0.1) is 14.2 Å². The van der Waals surface area contributed by atoms with Gasteiger partial charge in [-0.05, 0) is 53.5 Å². The minimum atomic E-state index is -2.36. The zero-order chi connectivity index (χ0) is 26.9. The molecule has 36 heavy (non-hydrogen) atoms. The van der Waals surface area contributed by atoms with Crippen molar-refractivity contribution in [1.82, 2.24) is 0 Å². The van der Waals surface area contributed by atoms with Crippen molar-refractivity contribution in [2.45, 2.75) is 64.6 Å². The van der Waals surface area contributed by atoms with Crippen LogP contribution in [-0.4, -0.2) is 40.6 Å². The van der Waals surface area contributed by atoms with E-state index in [4.69, 9.17) is 23.4 Å². The van der Waals surface area contributed by atoms with Gasteiger partial charge in [0.1, 0.15) is 30.8 Å². The van der Waals surface area contributed by atoms with Crippen molar-refractivity contribution in [2.24, 2.45) is 0 Å². The van der Waals surface area contributed by atoms with Gasteiger partial charge in [0, 0.05) is 12.0 Å². The lowest BCUT2D eigenvalue weighted by Crippen LogP contribution is -2.46. The van der Waals surface area contributed by atoms with Gasteiger partial charge in [0.25, 0.3) is 0 Å². The van der Waals surface area contributed by atoms with E-state index in [-0.39, 0.29) is 30.2 Å². The normalized spacial score (nSPS) is 12.4. The van der Waals surface area contributed by atoms with E-state index in [1.54, 1.807) is 38.5 Å². The minimum absolute atomic E-state index is 0.0185. The van der Waals surface area contributed by atoms with Crippen LogP contribution in [0.4, 0.5) is 0 Å². The summed E-state index contributed by atoms with van der Waals surface area (Å²) in [5.41, 5.74) is 1.77. The van der Waals surface area contributed by atoms with E-state index in [1.807, 2.05) is 37.4 Å². The van der Waals surface area contributed by atoms with E-state index in [1.165, 1.54) is 0 Å². The molecule has 0 amide bonds. The van der Waals surface area contributed by atoms with E-state index in [2.05, 4.69) is 27.4 Å². The summed E-state index contributed by atoms with van der Waals surface area (Å²) >= 11 is 0. The van der Waals surface area contributed by atoms with E-state index in [0.29, 0.717) is 11.5 Å². The molecule has 0 aliphatic rings. The highest BCUT2D eigenvalue weighted by Gasteiger charge is 2.41. The van der Waals surface area contributed by atoms with Crippen LogP contribution >= 0.6 is 0 Å². The molecule has 2 rings (SSSR count). The molecule has 1 atom stereocenters. The third kappa shape index (κ3) is 8.53. The van der Waals surface area contributed by atoms with Crippen LogP contribution in [0.1, 0.15) is 38.3 Å². The molecule has 7 nitrogen and oxygen atoms in total. The molecule has 0 aliphatic carbocycles. The van der Waals surface area contributed by atoms with Gasteiger partial charge in [-0.1, -0.05) is 51.6 Å². The summed E-state index contributed by atoms with van der Waals surface area (Å²) in [4.78, 5) is 25.7. The molecule has 0 spiro atoms. The smallest absolute Gasteiger partial charge is 0.334 e. The number of hydrogen-bond donors (Lipinski definition) is 0. The van der Waals surface area contributed by atoms with E-state index in [9.17, 15) is 9.59 Å². The largest absolute Gasteiger partial charge is 0.497 e. The van der Waals surface area contributed by atoms with Crippen LogP contribution < -0.4 is 9.47 Å². The number of ether oxygens (including phenoxy) is 4. The van der Waals surface area contributed by atoms with E-state index < -0.39 is 26.4 Å². The second-order valence-electron chi connectivity index (χ2n) is 10.1. The molecule has 0 aromatic heterocycles. The predicted molar refractivity (Wildman–Crippen MR) is 141 cm³/mol. The lowest BCUT2D eigenvalue weighted by Gasteiger charge is -2.38. The first-order valence-electron chi connectivity index (χ1n) is 11.8. The third-order valence-corrected chi connectivity index (χ3v) is 10.8. The Morgan fingerprint density at radius 2 is 1.28 bits per heavy atom. The Bertz CT molecular complexity index is 1020. The number of hydrogen-bond acceptors (Lipinski definition) is 7. The van der Waals surface area contributed by atoms with Crippen LogP contribution in [0.2, 0.25) is 18.1 Å². The van der Waals surface area contributed by atoms with Gasteiger partial charge in [0.15, 0.2) is 8.32 Å². The lowest BCUT2D eigenvalue weighted by molar-refractivity contribution is -0.154. The molecule has 2 aromatic rings. The fourth-order valence-corrected chi connectivity index (χ4v) is 4.20. The molecule has 2 aromatic carbocycles. The summed E-state index contributed by atoms with van der Waals surface area (Å²) in [6.07, 6.45) is -0.986. The Balaban J connectivity index is 2.06. The van der Waals surface area contributed by atoms with Crippen LogP contribution in [0.25, 0.3) is 0 Å². The topological polar surface area (TPSA) is 80.3 Å². The zero-order valence-electron chi connectivity index (χ0n) is 22.4. The van der Waals surface area contributed by atoms with E-state index in [0.717, 1.165) is 11.1 Å². The molecule has 196 valence electrons. The van der Waals surface area contributed by atoms with Gasteiger partial charge in [-0.15, -0.1) is 0 Å². The second-order valence-corrected chi connectivity index (χ2v) is 14.8. The highest BCUT2D eigenvalue weighted by atomic mass is 28.4. The number of methoxy groups -OCH3 is 2. The fraction of sp³-hybridized carbons (Fsp3) is 0.429. The van der Waals surface area contributed by atoms with Crippen LogP contribution in [0.5, 0.6) is 11.5 Å². The molecule has 0 N–H and O–H groups in total. The Morgan fingerprint density at radius 3 is 1.69 bits per heavy atom. The van der Waals surface area contributed by atoms with Gasteiger partial charge < -0.3 is 23.4 Å². The second kappa shape index (κ2) is 12.7. The van der Waals surface area contributed by atoms with Gasteiger partial charge in [0.2, 0.25) is 0 Å². The van der Waals surface area contributed by atoms with Crippen LogP contribution in [0, 0.1) is 0 Å². The summed E-state index contributed by atoms with van der Waals surface area (Å²) in [5.74, 6) is 0.305. The van der Waals surface area contributed by atoms with Gasteiger partial charge in [-0.25, -0.2) is 9.59 Å². The Labute approximate surface area is 215 Å². The number of esters is 2. The summed E-state index contributed by atoms with van der Waals surface area (Å²) in [7, 11) is 0.821. The number of benzene rings is 2. The Kier molecular flexibility index (Phi) is 10.3. The maximum absolute atomic E-state index is 13.1. The van der Waals surface area contributed by atoms with Crippen molar-refractivity contribution in [1.29, 1.82) is 0 Å². The fourth-order valence-electron chi connectivity index (χ4n) is 2.95. The van der Waals surface area contributed by atoms with Crippen LogP contribution in [0.3, 0.4) is 0 Å². The van der Waals surface area contributed by atoms with Gasteiger partial charge in [-0.3, -0.25) is 0 Å². The highest BCUT2D eigenvalue weighted by molar-refractivity contribution is 6.74. The first-order chi connectivity index (χ1) is 16.9. The summed E-state index contributed by atoms with van der Waals surface area (Å²) in [6, 6.07) is 14.5. The first-order valence-corrected chi connectivity index (χ1v) is 14.7. The lowest BCUT2D eigenvalue weighted by atomic mass is 10.1. The molecule has 0 saturated carbocycles. The van der Waals surface area contributed by atoms with Crippen molar-refractivity contribution in [3.05, 3.63) is 71.8 Å². The standard InChI is InChI=1S/C28H38O7Si/c1-20(26(29)33-18-21-9-13-23(31-5)14-10-21)17-25(35-36(7,8)28(2,3)4)27(30)34-19-22-11-15-24(32-6)16-12-22/h9-16,25H,1,17-19H2,2-8H3. The zero-order valence-corrected chi connectivity index (χ0v) is 23.4. The molecule has 0 fully saturated rings. The van der Waals surface area contributed by atoms with Crippen molar-refractivity contribution >= 4 is 20.3 Å². The molecule has 8 heteroatoms. The molecule has 0 aliphatic heterocycles. The van der Waals surface area contributed by atoms with Crippen molar-refractivity contribution in [3.8, 4) is 11.5 Å². The molecule has 0 heterocycles. The predicted octanol–water partition coefficient (Wildman–Crippen LogP) is 5.83. The molecule has 1 unspecified atom stereocenters. The Hall–Kier alpha value is -3.10. The van der Waals surface area contributed by atoms with Crippen LogP contribution in [0.15, 0.2) is 60.7 Å². The molecule has 0 bridgehead atoms. The minimum Gasteiger partial charge on any atom is -0.497 e. The van der Waals surface area contributed by atoms with Crippen molar-refractivity contribution in [2.75, 3.05) is 14.2 Å². The average Bonchev–Trinajstić information content (AvgIpc) is 2.85. The van der Waals surface area contributed by atoms with Crippen molar-refractivity contribution < 1.29 is 33.0 Å². The number of carbonyl (C=O) groups excluding carboxylic acids is 2. The van der Waals surface area contributed by atoms with Crippen molar-refractivity contribution in [3.63, 3.8) is 0 Å².